The SMILES string of the molecule is CC(=O)NC(COc1ccc(C)c(C)c1)C(=O)O. The zero-order valence-electron chi connectivity index (χ0n) is 10.7. The number of carbonyl (C=O) groups is 2. The lowest BCUT2D eigenvalue weighted by Crippen LogP contribution is -2.43. The summed E-state index contributed by atoms with van der Waals surface area (Å²) in [6.45, 7) is 5.10. The van der Waals surface area contributed by atoms with Crippen LogP contribution in [-0.4, -0.2) is 29.6 Å². The average Bonchev–Trinajstić information content (AvgIpc) is 2.28. The summed E-state index contributed by atoms with van der Waals surface area (Å²) in [7, 11) is 0. The van der Waals surface area contributed by atoms with Crippen molar-refractivity contribution in [1.29, 1.82) is 0 Å². The van der Waals surface area contributed by atoms with Gasteiger partial charge in [-0.25, -0.2) is 4.79 Å². The largest absolute Gasteiger partial charge is 0.491 e. The number of nitrogens with one attached hydrogen (secondary N) is 1. The van der Waals surface area contributed by atoms with Gasteiger partial charge < -0.3 is 15.2 Å². The van der Waals surface area contributed by atoms with Crippen molar-refractivity contribution >= 4 is 11.9 Å². The van der Waals surface area contributed by atoms with Gasteiger partial charge in [0, 0.05) is 6.92 Å². The van der Waals surface area contributed by atoms with E-state index in [2.05, 4.69) is 5.32 Å². The summed E-state index contributed by atoms with van der Waals surface area (Å²) >= 11 is 0. The van der Waals surface area contributed by atoms with Crippen LogP contribution >= 0.6 is 0 Å². The van der Waals surface area contributed by atoms with Crippen LogP contribution in [0, 0.1) is 13.8 Å². The van der Waals surface area contributed by atoms with Gasteiger partial charge in [-0.2, -0.15) is 0 Å². The predicted molar refractivity (Wildman–Crippen MR) is 66.7 cm³/mol. The first kappa shape index (κ1) is 14.0. The fourth-order valence-corrected chi connectivity index (χ4v) is 1.40. The Morgan fingerprint density at radius 3 is 2.50 bits per heavy atom. The Labute approximate surface area is 106 Å². The topological polar surface area (TPSA) is 75.6 Å². The molecule has 1 aromatic rings. The van der Waals surface area contributed by atoms with Crippen molar-refractivity contribution < 1.29 is 19.4 Å². The number of aliphatic carboxylic acids is 1. The van der Waals surface area contributed by atoms with E-state index in [1.807, 2.05) is 26.0 Å². The summed E-state index contributed by atoms with van der Waals surface area (Å²) in [5, 5.41) is 11.2. The Bertz CT molecular complexity index is 456. The van der Waals surface area contributed by atoms with E-state index in [4.69, 9.17) is 9.84 Å². The molecule has 18 heavy (non-hydrogen) atoms. The molecular formula is C13H17NO4. The van der Waals surface area contributed by atoms with E-state index < -0.39 is 17.9 Å². The summed E-state index contributed by atoms with van der Waals surface area (Å²) in [6, 6.07) is 4.47. The van der Waals surface area contributed by atoms with Gasteiger partial charge in [-0.05, 0) is 37.1 Å². The van der Waals surface area contributed by atoms with Crippen molar-refractivity contribution in [1.82, 2.24) is 5.32 Å². The van der Waals surface area contributed by atoms with E-state index in [1.54, 1.807) is 6.07 Å². The number of ether oxygens (including phenoxy) is 1. The van der Waals surface area contributed by atoms with Crippen LogP contribution in [0.15, 0.2) is 18.2 Å². The minimum absolute atomic E-state index is 0.0998. The summed E-state index contributed by atoms with van der Waals surface area (Å²) < 4.78 is 5.37. The monoisotopic (exact) mass is 251 g/mol. The Morgan fingerprint density at radius 2 is 2.00 bits per heavy atom. The van der Waals surface area contributed by atoms with Crippen molar-refractivity contribution in [2.75, 3.05) is 6.61 Å². The summed E-state index contributed by atoms with van der Waals surface area (Å²) in [5.74, 6) is -0.921. The number of carboxylic acid groups (broad SMARTS) is 1. The maximum atomic E-state index is 10.9. The number of rotatable bonds is 5. The zero-order valence-corrected chi connectivity index (χ0v) is 10.7. The maximum Gasteiger partial charge on any atom is 0.329 e. The van der Waals surface area contributed by atoms with Crippen molar-refractivity contribution in [2.24, 2.45) is 0 Å². The molecule has 0 aliphatic rings. The van der Waals surface area contributed by atoms with Gasteiger partial charge in [0.15, 0.2) is 6.04 Å². The Kier molecular flexibility index (Phi) is 4.71. The first-order valence-corrected chi connectivity index (χ1v) is 5.60. The molecule has 0 radical (unpaired) electrons. The molecule has 0 saturated carbocycles. The molecule has 0 aromatic heterocycles. The van der Waals surface area contributed by atoms with Gasteiger partial charge in [0.1, 0.15) is 12.4 Å². The molecule has 2 N–H and O–H groups in total. The van der Waals surface area contributed by atoms with Gasteiger partial charge in [-0.3, -0.25) is 4.79 Å². The van der Waals surface area contributed by atoms with Crippen molar-refractivity contribution in [3.8, 4) is 5.75 Å². The van der Waals surface area contributed by atoms with Crippen LogP contribution in [0.3, 0.4) is 0 Å². The van der Waals surface area contributed by atoms with Gasteiger partial charge in [0.05, 0.1) is 0 Å². The molecule has 0 aliphatic carbocycles. The number of amides is 1. The van der Waals surface area contributed by atoms with E-state index in [-0.39, 0.29) is 6.61 Å². The van der Waals surface area contributed by atoms with Crippen molar-refractivity contribution in [2.45, 2.75) is 26.8 Å². The zero-order chi connectivity index (χ0) is 13.7. The quantitative estimate of drug-likeness (QED) is 0.826. The predicted octanol–water partition coefficient (Wildman–Crippen LogP) is 1.27. The van der Waals surface area contributed by atoms with E-state index >= 15 is 0 Å². The third kappa shape index (κ3) is 4.08. The molecule has 98 valence electrons. The van der Waals surface area contributed by atoms with Gasteiger partial charge in [0.25, 0.3) is 0 Å². The normalized spacial score (nSPS) is 11.7. The van der Waals surface area contributed by atoms with Crippen LogP contribution in [-0.2, 0) is 9.59 Å². The molecule has 0 heterocycles. The second kappa shape index (κ2) is 6.05. The first-order chi connectivity index (χ1) is 8.40. The molecule has 1 unspecified atom stereocenters. The lowest BCUT2D eigenvalue weighted by atomic mass is 10.1. The summed E-state index contributed by atoms with van der Waals surface area (Å²) in [6.07, 6.45) is 0. The minimum atomic E-state index is -1.12. The molecular weight excluding hydrogens is 234 g/mol. The summed E-state index contributed by atoms with van der Waals surface area (Å²) in [5.41, 5.74) is 2.21. The van der Waals surface area contributed by atoms with Crippen LogP contribution < -0.4 is 10.1 Å². The highest BCUT2D eigenvalue weighted by Gasteiger charge is 2.19. The second-order valence-electron chi connectivity index (χ2n) is 4.15. The van der Waals surface area contributed by atoms with E-state index in [9.17, 15) is 9.59 Å². The van der Waals surface area contributed by atoms with E-state index in [0.717, 1.165) is 11.1 Å². The molecule has 1 aromatic carbocycles. The summed E-state index contributed by atoms with van der Waals surface area (Å²) in [4.78, 5) is 21.7. The van der Waals surface area contributed by atoms with E-state index in [0.29, 0.717) is 5.75 Å². The van der Waals surface area contributed by atoms with Crippen LogP contribution in [0.4, 0.5) is 0 Å². The number of benzene rings is 1. The highest BCUT2D eigenvalue weighted by Crippen LogP contribution is 2.16. The van der Waals surface area contributed by atoms with E-state index in [1.165, 1.54) is 6.92 Å². The maximum absolute atomic E-state index is 10.9. The molecule has 0 saturated heterocycles. The number of hydrogen-bond donors (Lipinski definition) is 2. The minimum Gasteiger partial charge on any atom is -0.491 e. The molecule has 0 fully saturated rings. The number of carboxylic acids is 1. The lowest BCUT2D eigenvalue weighted by Gasteiger charge is -2.15. The van der Waals surface area contributed by atoms with Crippen LogP contribution in [0.2, 0.25) is 0 Å². The van der Waals surface area contributed by atoms with Crippen LogP contribution in [0.1, 0.15) is 18.1 Å². The second-order valence-corrected chi connectivity index (χ2v) is 4.15. The van der Waals surface area contributed by atoms with Crippen molar-refractivity contribution in [3.63, 3.8) is 0 Å². The van der Waals surface area contributed by atoms with Crippen molar-refractivity contribution in [3.05, 3.63) is 29.3 Å². The number of aryl methyl sites for hydroxylation is 2. The molecule has 0 bridgehead atoms. The molecule has 5 nitrogen and oxygen atoms in total. The molecule has 5 heteroatoms. The van der Waals surface area contributed by atoms with Gasteiger partial charge in [-0.1, -0.05) is 6.07 Å². The smallest absolute Gasteiger partial charge is 0.329 e. The molecule has 0 aliphatic heterocycles. The molecule has 1 rings (SSSR count). The van der Waals surface area contributed by atoms with Crippen LogP contribution in [0.5, 0.6) is 5.75 Å². The van der Waals surface area contributed by atoms with Gasteiger partial charge in [0.2, 0.25) is 5.91 Å². The highest BCUT2D eigenvalue weighted by atomic mass is 16.5. The molecule has 1 atom stereocenters. The standard InChI is InChI=1S/C13H17NO4/c1-8-4-5-11(6-9(8)2)18-7-12(13(16)17)14-10(3)15/h4-6,12H,7H2,1-3H3,(H,14,15)(H,16,17). The third-order valence-electron chi connectivity index (χ3n) is 2.57. The number of hydrogen-bond acceptors (Lipinski definition) is 3. The average molecular weight is 251 g/mol. The third-order valence-corrected chi connectivity index (χ3v) is 2.57. The van der Waals surface area contributed by atoms with Gasteiger partial charge >= 0.3 is 5.97 Å². The molecule has 0 spiro atoms. The lowest BCUT2D eigenvalue weighted by molar-refractivity contribution is -0.142. The first-order valence-electron chi connectivity index (χ1n) is 5.60. The fourth-order valence-electron chi connectivity index (χ4n) is 1.40. The van der Waals surface area contributed by atoms with Crippen LogP contribution in [0.25, 0.3) is 0 Å². The van der Waals surface area contributed by atoms with Gasteiger partial charge in [-0.15, -0.1) is 0 Å². The highest BCUT2D eigenvalue weighted by molar-refractivity contribution is 5.82. The molecule has 1 amide bonds. The Balaban J connectivity index is 2.64. The number of carbonyl (C=O) groups excluding carboxylic acids is 1. The Hall–Kier alpha value is -2.04. The fraction of sp³-hybridized carbons (Fsp3) is 0.385. The Morgan fingerprint density at radius 1 is 1.33 bits per heavy atom.